The Bertz CT molecular complexity index is 2080. The van der Waals surface area contributed by atoms with Crippen molar-refractivity contribution < 1.29 is 28.6 Å². The Morgan fingerprint density at radius 2 is 0.446 bits per heavy atom. The van der Waals surface area contributed by atoms with Gasteiger partial charge < -0.3 is 14.2 Å². The topological polar surface area (TPSA) is 78.9 Å². The van der Waals surface area contributed by atoms with Crippen molar-refractivity contribution in [2.45, 2.75) is 232 Å². The summed E-state index contributed by atoms with van der Waals surface area (Å²) >= 11 is 0. The zero-order chi connectivity index (χ0) is 59.9. The summed E-state index contributed by atoms with van der Waals surface area (Å²) in [7, 11) is 0. The molecule has 0 saturated heterocycles. The first-order chi connectivity index (χ1) is 41.0. The zero-order valence-electron chi connectivity index (χ0n) is 52.4. The van der Waals surface area contributed by atoms with Crippen molar-refractivity contribution in [2.75, 3.05) is 13.2 Å². The highest BCUT2D eigenvalue weighted by Gasteiger charge is 2.19. The molecule has 0 aromatic rings. The second kappa shape index (κ2) is 68.2. The lowest BCUT2D eigenvalue weighted by Crippen LogP contribution is -2.30. The molecule has 0 amide bonds. The molecule has 0 N–H and O–H groups in total. The quantitative estimate of drug-likeness (QED) is 0.0261. The summed E-state index contributed by atoms with van der Waals surface area (Å²) in [5, 5.41) is 0. The Morgan fingerprint density at radius 1 is 0.241 bits per heavy atom. The molecule has 0 aliphatic carbocycles. The van der Waals surface area contributed by atoms with Crippen LogP contribution in [-0.2, 0) is 28.6 Å². The molecular weight excluding hydrogens is 1020 g/mol. The van der Waals surface area contributed by atoms with Gasteiger partial charge in [-0.2, -0.15) is 0 Å². The molecule has 0 bridgehead atoms. The molecule has 0 saturated carbocycles. The third kappa shape index (κ3) is 66.4. The third-order valence-electron chi connectivity index (χ3n) is 12.5. The van der Waals surface area contributed by atoms with E-state index in [0.29, 0.717) is 19.3 Å². The normalized spacial score (nSPS) is 13.6. The first kappa shape index (κ1) is 76.7. The molecule has 1 atom stereocenters. The number of unbranched alkanes of at least 4 members (excludes halogenated alkanes) is 8. The highest BCUT2D eigenvalue weighted by atomic mass is 16.6. The van der Waals surface area contributed by atoms with E-state index in [0.717, 1.165) is 173 Å². The van der Waals surface area contributed by atoms with Crippen LogP contribution in [0.5, 0.6) is 0 Å². The number of hydrogen-bond acceptors (Lipinski definition) is 6. The smallest absolute Gasteiger partial charge is 0.306 e. The summed E-state index contributed by atoms with van der Waals surface area (Å²) in [5.74, 6) is -1.07. The molecule has 0 heterocycles. The molecule has 0 rings (SSSR count). The second-order valence-corrected chi connectivity index (χ2v) is 20.2. The summed E-state index contributed by atoms with van der Waals surface area (Å²) in [6.07, 6.45) is 107. The lowest BCUT2D eigenvalue weighted by molar-refractivity contribution is -0.167. The molecule has 6 heteroatoms. The van der Waals surface area contributed by atoms with Crippen molar-refractivity contribution >= 4 is 17.9 Å². The summed E-state index contributed by atoms with van der Waals surface area (Å²) in [4.78, 5) is 38.3. The molecule has 1 unspecified atom stereocenters. The van der Waals surface area contributed by atoms with E-state index in [1.165, 1.54) is 0 Å². The van der Waals surface area contributed by atoms with Gasteiger partial charge in [0.05, 0.1) is 0 Å². The molecule has 0 aliphatic rings. The molecule has 6 nitrogen and oxygen atoms in total. The van der Waals surface area contributed by atoms with Gasteiger partial charge in [-0.3, -0.25) is 14.4 Å². The van der Waals surface area contributed by atoms with Crippen LogP contribution in [0.1, 0.15) is 226 Å². The Labute approximate surface area is 508 Å². The molecular formula is C77H114O6. The van der Waals surface area contributed by atoms with Crippen LogP contribution in [0.25, 0.3) is 0 Å². The molecule has 0 fully saturated rings. The molecule has 0 aromatic carbocycles. The summed E-state index contributed by atoms with van der Waals surface area (Å²) < 4.78 is 16.8. The molecule has 0 spiro atoms. The number of esters is 3. The van der Waals surface area contributed by atoms with E-state index in [9.17, 15) is 14.4 Å². The van der Waals surface area contributed by atoms with Crippen LogP contribution in [0.3, 0.4) is 0 Å². The summed E-state index contributed by atoms with van der Waals surface area (Å²) in [6, 6.07) is 0. The molecule has 458 valence electrons. The van der Waals surface area contributed by atoms with Crippen molar-refractivity contribution in [2.24, 2.45) is 0 Å². The highest BCUT2D eigenvalue weighted by molar-refractivity contribution is 5.71. The predicted octanol–water partition coefficient (Wildman–Crippen LogP) is 22.5. The fourth-order valence-electron chi connectivity index (χ4n) is 7.75. The first-order valence-electron chi connectivity index (χ1n) is 32.2. The lowest BCUT2D eigenvalue weighted by Gasteiger charge is -2.18. The van der Waals surface area contributed by atoms with Gasteiger partial charge in [0.1, 0.15) is 13.2 Å². The lowest BCUT2D eigenvalue weighted by atomic mass is 10.1. The zero-order valence-corrected chi connectivity index (χ0v) is 52.4. The van der Waals surface area contributed by atoms with Crippen molar-refractivity contribution in [1.29, 1.82) is 0 Å². The minimum Gasteiger partial charge on any atom is -0.462 e. The molecule has 0 radical (unpaired) electrons. The SMILES string of the molecule is CC/C=C\C/C=C\C/C=C\C/C=C\C/C=C\C/C=C\C/C=C\CCCCCCCC(=O)OCC(COC(=O)CCCC/C=C\C/C=C\C/C=C\C/C=C\CC)OC(=O)CCC/C=C\C/C=C\C/C=C\C/C=C\C/C=C\C/C=C\C/C=C\CC. The van der Waals surface area contributed by atoms with Crippen LogP contribution >= 0.6 is 0 Å². The van der Waals surface area contributed by atoms with Crippen LogP contribution in [0.4, 0.5) is 0 Å². The van der Waals surface area contributed by atoms with E-state index in [-0.39, 0.29) is 38.0 Å². The third-order valence-corrected chi connectivity index (χ3v) is 12.5. The maximum Gasteiger partial charge on any atom is 0.306 e. The van der Waals surface area contributed by atoms with Crippen LogP contribution in [-0.4, -0.2) is 37.2 Å². The van der Waals surface area contributed by atoms with Crippen molar-refractivity contribution in [3.8, 4) is 0 Å². The van der Waals surface area contributed by atoms with E-state index in [2.05, 4.69) is 240 Å². The molecule has 0 aromatic heterocycles. The van der Waals surface area contributed by atoms with E-state index < -0.39 is 12.1 Å². The van der Waals surface area contributed by atoms with E-state index >= 15 is 0 Å². The Morgan fingerprint density at radius 3 is 0.735 bits per heavy atom. The van der Waals surface area contributed by atoms with Gasteiger partial charge >= 0.3 is 17.9 Å². The highest BCUT2D eigenvalue weighted by Crippen LogP contribution is 2.11. The van der Waals surface area contributed by atoms with Gasteiger partial charge in [-0.05, 0) is 167 Å². The number of carbonyl (C=O) groups is 3. The van der Waals surface area contributed by atoms with Gasteiger partial charge in [0.15, 0.2) is 6.10 Å². The minimum atomic E-state index is -0.851. The maximum absolute atomic E-state index is 12.9. The number of allylic oxidation sites excluding steroid dienone is 36. The minimum absolute atomic E-state index is 0.138. The first-order valence-corrected chi connectivity index (χ1v) is 32.2. The Balaban J connectivity index is 4.59. The number of ether oxygens (including phenoxy) is 3. The van der Waals surface area contributed by atoms with Gasteiger partial charge in [-0.15, -0.1) is 0 Å². The Kier molecular flexibility index (Phi) is 63.1. The number of rotatable bonds is 55. The van der Waals surface area contributed by atoms with Gasteiger partial charge in [-0.1, -0.05) is 259 Å². The van der Waals surface area contributed by atoms with Crippen molar-refractivity contribution in [3.63, 3.8) is 0 Å². The standard InChI is InChI=1S/C77H114O6/c1-4-7-10-13-16-19-22-25-28-30-32-34-36-37-38-39-41-42-44-46-49-52-55-58-61-64-67-70-76(79)82-73-74(72-81-75(78)69-66-63-60-57-54-51-48-27-24-21-18-15-12-9-6-3)83-77(80)71-68-65-62-59-56-53-50-47-45-43-40-35-33-31-29-26-23-20-17-14-11-8-5-2/h7-12,16-21,25-29,32-35,37-38,41-43,45-46,48-50,53-54,57,59,62,74H,4-6,13-15,22-24,30-31,36,39-40,44,47,51-52,55-56,58,60-61,63-73H2,1-3H3/b10-7-,11-8-,12-9-,19-16-,20-17-,21-18-,28-25-,29-26-,34-32-,35-33-,38-37-,42-41-,45-43-,48-27-,49-46-,53-50-,57-54-,62-59-. The predicted molar refractivity (Wildman–Crippen MR) is 361 cm³/mol. The van der Waals surface area contributed by atoms with Crippen LogP contribution < -0.4 is 0 Å². The summed E-state index contributed by atoms with van der Waals surface area (Å²) in [5.41, 5.74) is 0. The van der Waals surface area contributed by atoms with E-state index in [1.54, 1.807) is 0 Å². The van der Waals surface area contributed by atoms with Crippen LogP contribution in [0.15, 0.2) is 219 Å². The van der Waals surface area contributed by atoms with Crippen LogP contribution in [0, 0.1) is 0 Å². The monoisotopic (exact) mass is 1130 g/mol. The van der Waals surface area contributed by atoms with Crippen molar-refractivity contribution in [3.05, 3.63) is 219 Å². The second-order valence-electron chi connectivity index (χ2n) is 20.2. The average molecular weight is 1140 g/mol. The average Bonchev–Trinajstić information content (AvgIpc) is 3.49. The molecule has 83 heavy (non-hydrogen) atoms. The van der Waals surface area contributed by atoms with Gasteiger partial charge in [0.2, 0.25) is 0 Å². The Hall–Kier alpha value is -6.27. The van der Waals surface area contributed by atoms with Crippen molar-refractivity contribution in [1.82, 2.24) is 0 Å². The van der Waals surface area contributed by atoms with E-state index in [4.69, 9.17) is 14.2 Å². The maximum atomic E-state index is 12.9. The van der Waals surface area contributed by atoms with E-state index in [1.807, 2.05) is 0 Å². The van der Waals surface area contributed by atoms with Crippen LogP contribution in [0.2, 0.25) is 0 Å². The number of carbonyl (C=O) groups excluding carboxylic acids is 3. The van der Waals surface area contributed by atoms with Gasteiger partial charge in [0.25, 0.3) is 0 Å². The largest absolute Gasteiger partial charge is 0.462 e. The fourth-order valence-corrected chi connectivity index (χ4v) is 7.75. The fraction of sp³-hybridized carbons (Fsp3) is 0.494. The molecule has 0 aliphatic heterocycles. The van der Waals surface area contributed by atoms with Gasteiger partial charge in [0, 0.05) is 19.3 Å². The summed E-state index contributed by atoms with van der Waals surface area (Å²) in [6.45, 7) is 6.17. The van der Waals surface area contributed by atoms with Gasteiger partial charge in [-0.25, -0.2) is 0 Å². The number of hydrogen-bond donors (Lipinski definition) is 0.